The molecule has 0 radical (unpaired) electrons. The lowest BCUT2D eigenvalue weighted by Gasteiger charge is -2.21. The zero-order valence-electron chi connectivity index (χ0n) is 63.0. The third-order valence-electron chi connectivity index (χ3n) is 18.2. The number of esters is 4. The summed E-state index contributed by atoms with van der Waals surface area (Å²) < 4.78 is 68.5. The molecular formula is C77H150O17P2. The van der Waals surface area contributed by atoms with Gasteiger partial charge in [0.05, 0.1) is 26.4 Å². The van der Waals surface area contributed by atoms with Crippen molar-refractivity contribution < 1.29 is 80.2 Å². The van der Waals surface area contributed by atoms with E-state index in [0.29, 0.717) is 31.6 Å². The van der Waals surface area contributed by atoms with Crippen molar-refractivity contribution in [1.29, 1.82) is 0 Å². The molecule has 4 unspecified atom stereocenters. The maximum absolute atomic E-state index is 13.1. The van der Waals surface area contributed by atoms with Crippen molar-refractivity contribution in [2.75, 3.05) is 39.6 Å². The first-order valence-electron chi connectivity index (χ1n) is 39.7. The summed E-state index contributed by atoms with van der Waals surface area (Å²) in [5, 5.41) is 10.6. The summed E-state index contributed by atoms with van der Waals surface area (Å²) in [7, 11) is -9.91. The monoisotopic (exact) mass is 1410 g/mol. The summed E-state index contributed by atoms with van der Waals surface area (Å²) in [6.07, 6.45) is 51.4. The van der Waals surface area contributed by atoms with Crippen molar-refractivity contribution in [2.24, 2.45) is 23.7 Å². The van der Waals surface area contributed by atoms with Crippen LogP contribution in [0.2, 0.25) is 0 Å². The minimum Gasteiger partial charge on any atom is -0.462 e. The van der Waals surface area contributed by atoms with Crippen LogP contribution in [0.25, 0.3) is 0 Å². The van der Waals surface area contributed by atoms with E-state index in [4.69, 9.17) is 37.0 Å². The highest BCUT2D eigenvalue weighted by molar-refractivity contribution is 7.47. The van der Waals surface area contributed by atoms with E-state index < -0.39 is 97.5 Å². The van der Waals surface area contributed by atoms with Crippen LogP contribution in [-0.4, -0.2) is 96.7 Å². The van der Waals surface area contributed by atoms with Gasteiger partial charge in [-0.25, -0.2) is 9.13 Å². The van der Waals surface area contributed by atoms with Gasteiger partial charge in [-0.2, -0.15) is 0 Å². The van der Waals surface area contributed by atoms with Crippen molar-refractivity contribution in [1.82, 2.24) is 0 Å². The minimum absolute atomic E-state index is 0.105. The average molecular weight is 1410 g/mol. The molecule has 0 saturated carbocycles. The Kier molecular flexibility index (Phi) is 65.0. The lowest BCUT2D eigenvalue weighted by molar-refractivity contribution is -0.161. The van der Waals surface area contributed by atoms with E-state index >= 15 is 0 Å². The summed E-state index contributed by atoms with van der Waals surface area (Å²) in [5.74, 6) is 0.942. The molecular weight excluding hydrogens is 1260 g/mol. The van der Waals surface area contributed by atoms with Gasteiger partial charge in [-0.3, -0.25) is 37.3 Å². The predicted octanol–water partition coefficient (Wildman–Crippen LogP) is 22.4. The maximum atomic E-state index is 13.1. The van der Waals surface area contributed by atoms with E-state index in [2.05, 4.69) is 55.4 Å². The maximum Gasteiger partial charge on any atom is 0.472 e. The summed E-state index contributed by atoms with van der Waals surface area (Å²) >= 11 is 0. The van der Waals surface area contributed by atoms with Gasteiger partial charge in [0.15, 0.2) is 12.2 Å². The van der Waals surface area contributed by atoms with Crippen LogP contribution in [0.5, 0.6) is 0 Å². The second-order valence-electron chi connectivity index (χ2n) is 29.4. The number of hydrogen-bond donors (Lipinski definition) is 3. The first-order valence-corrected chi connectivity index (χ1v) is 42.7. The first-order chi connectivity index (χ1) is 46.1. The summed E-state index contributed by atoms with van der Waals surface area (Å²) in [4.78, 5) is 72.8. The number of unbranched alkanes of at least 4 members (excludes halogenated alkanes) is 39. The quantitative estimate of drug-likeness (QED) is 0.0222. The largest absolute Gasteiger partial charge is 0.472 e. The van der Waals surface area contributed by atoms with Gasteiger partial charge in [0.2, 0.25) is 0 Å². The van der Waals surface area contributed by atoms with Gasteiger partial charge in [-0.05, 0) is 49.4 Å². The Morgan fingerprint density at radius 2 is 0.500 bits per heavy atom. The number of hydrogen-bond acceptors (Lipinski definition) is 15. The standard InChI is InChI=1S/C77H150O17P2/c1-9-70(8)56-48-40-32-26-27-35-44-52-60-77(82)94-72(63-87-74(79)57-49-41-33-24-20-15-13-11-10-12-14-18-22-29-37-45-53-67(2)3)65-91-95(83,84)89-61-71(78)62-90-96(85,86)92-66-73(64-88-75(80)58-50-42-36-28-31-39-47-55-69(6)7)93-76(81)59-51-43-34-25-21-17-16-19-23-30-38-46-54-68(4)5/h67-73,78H,9-66H2,1-8H3,(H,83,84)(H,85,86)/t70?,71?,72-,73-/m1/s1. The van der Waals surface area contributed by atoms with Crippen LogP contribution >= 0.6 is 15.6 Å². The lowest BCUT2D eigenvalue weighted by atomic mass is 9.99. The summed E-state index contributed by atoms with van der Waals surface area (Å²) in [6, 6.07) is 0. The van der Waals surface area contributed by atoms with Crippen molar-refractivity contribution in [3.8, 4) is 0 Å². The highest BCUT2D eigenvalue weighted by Gasteiger charge is 2.30. The number of ether oxygens (including phenoxy) is 4. The Hall–Kier alpha value is -1.94. The molecule has 0 heterocycles. The molecule has 570 valence electrons. The van der Waals surface area contributed by atoms with E-state index in [1.807, 2.05) is 0 Å². The van der Waals surface area contributed by atoms with E-state index in [9.17, 15) is 43.2 Å². The highest BCUT2D eigenvalue weighted by atomic mass is 31.2. The molecule has 0 aliphatic heterocycles. The van der Waals surface area contributed by atoms with Gasteiger partial charge in [-0.1, -0.05) is 338 Å². The minimum atomic E-state index is -4.96. The molecule has 0 aromatic rings. The third kappa shape index (κ3) is 69.2. The van der Waals surface area contributed by atoms with Crippen LogP contribution in [-0.2, 0) is 65.4 Å². The fourth-order valence-corrected chi connectivity index (χ4v) is 13.3. The Labute approximate surface area is 588 Å². The molecule has 0 spiro atoms. The van der Waals surface area contributed by atoms with Crippen molar-refractivity contribution >= 4 is 39.5 Å². The normalized spacial score (nSPS) is 14.4. The second-order valence-corrected chi connectivity index (χ2v) is 32.3. The number of carbonyl (C=O) groups is 4. The van der Waals surface area contributed by atoms with Crippen LogP contribution in [0.4, 0.5) is 0 Å². The molecule has 96 heavy (non-hydrogen) atoms. The summed E-state index contributed by atoms with van der Waals surface area (Å²) in [6.45, 7) is 14.2. The molecule has 0 amide bonds. The average Bonchev–Trinajstić information content (AvgIpc) is 1.08. The fourth-order valence-electron chi connectivity index (χ4n) is 11.7. The molecule has 0 fully saturated rings. The van der Waals surface area contributed by atoms with Crippen molar-refractivity contribution in [3.05, 3.63) is 0 Å². The van der Waals surface area contributed by atoms with E-state index in [0.717, 1.165) is 114 Å². The first kappa shape index (κ1) is 94.1. The number of phosphoric ester groups is 2. The lowest BCUT2D eigenvalue weighted by Crippen LogP contribution is -2.30. The molecule has 0 bridgehead atoms. The molecule has 0 aromatic carbocycles. The number of phosphoric acid groups is 2. The second kappa shape index (κ2) is 66.3. The fraction of sp³-hybridized carbons (Fsp3) is 0.948. The van der Waals surface area contributed by atoms with Crippen LogP contribution in [0.1, 0.15) is 389 Å². The molecule has 0 aliphatic carbocycles. The van der Waals surface area contributed by atoms with Crippen molar-refractivity contribution in [2.45, 2.75) is 408 Å². The summed E-state index contributed by atoms with van der Waals surface area (Å²) in [5.41, 5.74) is 0. The third-order valence-corrected chi connectivity index (χ3v) is 20.1. The molecule has 19 heteroatoms. The van der Waals surface area contributed by atoms with Gasteiger partial charge in [0.25, 0.3) is 0 Å². The molecule has 17 nitrogen and oxygen atoms in total. The van der Waals surface area contributed by atoms with Gasteiger partial charge in [-0.15, -0.1) is 0 Å². The Morgan fingerprint density at radius 1 is 0.292 bits per heavy atom. The Bertz CT molecular complexity index is 1890. The van der Waals surface area contributed by atoms with Crippen LogP contribution in [0.15, 0.2) is 0 Å². The molecule has 0 rings (SSSR count). The van der Waals surface area contributed by atoms with Crippen molar-refractivity contribution in [3.63, 3.8) is 0 Å². The number of aliphatic hydroxyl groups excluding tert-OH is 1. The number of carbonyl (C=O) groups excluding carboxylic acids is 4. The van der Waals surface area contributed by atoms with E-state index in [1.165, 1.54) is 186 Å². The van der Waals surface area contributed by atoms with Crippen LogP contribution in [0.3, 0.4) is 0 Å². The topological polar surface area (TPSA) is 237 Å². The molecule has 0 saturated heterocycles. The van der Waals surface area contributed by atoms with Gasteiger partial charge >= 0.3 is 39.5 Å². The predicted molar refractivity (Wildman–Crippen MR) is 391 cm³/mol. The van der Waals surface area contributed by atoms with Gasteiger partial charge in [0, 0.05) is 25.7 Å². The van der Waals surface area contributed by atoms with Gasteiger partial charge in [0.1, 0.15) is 19.3 Å². The SMILES string of the molecule is CCC(C)CCCCCCCCCCC(=O)O[C@H](COC(=O)CCCCCCCCCCCCCCCCCCC(C)C)COP(=O)(O)OCC(O)COP(=O)(O)OC[C@@H](COC(=O)CCCCCCCCCC(C)C)OC(=O)CCCCCCCCCCCCCCC(C)C. The Morgan fingerprint density at radius 3 is 0.740 bits per heavy atom. The smallest absolute Gasteiger partial charge is 0.462 e. The van der Waals surface area contributed by atoms with E-state index in [-0.39, 0.29) is 25.7 Å². The molecule has 0 aliphatic rings. The Balaban J connectivity index is 5.21. The van der Waals surface area contributed by atoms with Gasteiger partial charge < -0.3 is 33.8 Å². The molecule has 3 N–H and O–H groups in total. The van der Waals surface area contributed by atoms with Crippen LogP contribution < -0.4 is 0 Å². The highest BCUT2D eigenvalue weighted by Crippen LogP contribution is 2.45. The van der Waals surface area contributed by atoms with Crippen LogP contribution in [0, 0.1) is 23.7 Å². The zero-order valence-corrected chi connectivity index (χ0v) is 64.8. The number of aliphatic hydroxyl groups is 1. The number of rotatable bonds is 74. The molecule has 0 aromatic heterocycles. The van der Waals surface area contributed by atoms with E-state index in [1.54, 1.807) is 0 Å². The molecule has 6 atom stereocenters. The zero-order chi connectivity index (χ0) is 71.0.